The maximum atomic E-state index is 14.5. The van der Waals surface area contributed by atoms with Crippen LogP contribution < -0.4 is 0 Å². The number of amides is 2. The number of nitrogens with zero attached hydrogens (tertiary/aromatic N) is 3. The molecule has 5 nitrogen and oxygen atoms in total. The van der Waals surface area contributed by atoms with Crippen LogP contribution in [-0.2, 0) is 4.79 Å². The number of benzene rings is 1. The highest BCUT2D eigenvalue weighted by molar-refractivity contribution is 6.06. The van der Waals surface area contributed by atoms with Crippen LogP contribution in [0, 0.1) is 5.41 Å². The molecule has 1 spiro atoms. The predicted octanol–water partition coefficient (Wildman–Crippen LogP) is 2.56. The van der Waals surface area contributed by atoms with E-state index >= 15 is 0 Å². The topological polar surface area (TPSA) is 53.5 Å². The summed E-state index contributed by atoms with van der Waals surface area (Å²) in [6.07, 6.45) is 1.35. The SMILES string of the molecule is CN1CCC2(CN(C(=O)c3ccnc4ccccc34)CC(F)(F)C2)C1=O. The molecule has 26 heavy (non-hydrogen) atoms. The van der Waals surface area contributed by atoms with Crippen molar-refractivity contribution >= 4 is 22.7 Å². The van der Waals surface area contributed by atoms with Gasteiger partial charge >= 0.3 is 0 Å². The predicted molar refractivity (Wildman–Crippen MR) is 91.9 cm³/mol. The van der Waals surface area contributed by atoms with Gasteiger partial charge in [-0.3, -0.25) is 14.6 Å². The van der Waals surface area contributed by atoms with E-state index in [4.69, 9.17) is 0 Å². The van der Waals surface area contributed by atoms with E-state index in [1.54, 1.807) is 37.4 Å². The Morgan fingerprint density at radius 1 is 1.19 bits per heavy atom. The lowest BCUT2D eigenvalue weighted by atomic mass is 9.76. The Hall–Kier alpha value is -2.57. The Balaban J connectivity index is 1.72. The van der Waals surface area contributed by atoms with Gasteiger partial charge in [0.15, 0.2) is 0 Å². The van der Waals surface area contributed by atoms with Crippen LogP contribution in [0.5, 0.6) is 0 Å². The smallest absolute Gasteiger partial charge is 0.266 e. The summed E-state index contributed by atoms with van der Waals surface area (Å²) < 4.78 is 28.9. The number of rotatable bonds is 1. The van der Waals surface area contributed by atoms with Crippen molar-refractivity contribution < 1.29 is 18.4 Å². The molecular weight excluding hydrogens is 340 g/mol. The maximum absolute atomic E-state index is 14.5. The van der Waals surface area contributed by atoms with Crippen molar-refractivity contribution in [2.45, 2.75) is 18.8 Å². The number of carbonyl (C=O) groups is 2. The van der Waals surface area contributed by atoms with E-state index in [0.29, 0.717) is 29.4 Å². The first-order chi connectivity index (χ1) is 12.3. The molecule has 0 aliphatic carbocycles. The lowest BCUT2D eigenvalue weighted by Crippen LogP contribution is -2.57. The first-order valence-electron chi connectivity index (χ1n) is 8.58. The normalized spacial score (nSPS) is 25.3. The summed E-state index contributed by atoms with van der Waals surface area (Å²) in [6, 6.07) is 8.66. The van der Waals surface area contributed by atoms with E-state index in [1.807, 2.05) is 0 Å². The van der Waals surface area contributed by atoms with Crippen LogP contribution in [0.15, 0.2) is 36.5 Å². The molecule has 1 atom stereocenters. The molecule has 1 aromatic heterocycles. The molecule has 2 fully saturated rings. The highest BCUT2D eigenvalue weighted by Gasteiger charge is 2.57. The molecule has 0 bridgehead atoms. The van der Waals surface area contributed by atoms with Gasteiger partial charge in [-0.05, 0) is 18.6 Å². The molecule has 7 heteroatoms. The zero-order valence-electron chi connectivity index (χ0n) is 14.4. The molecule has 2 aliphatic rings. The number of hydrogen-bond acceptors (Lipinski definition) is 3. The van der Waals surface area contributed by atoms with Gasteiger partial charge in [-0.1, -0.05) is 18.2 Å². The second kappa shape index (κ2) is 5.72. The van der Waals surface area contributed by atoms with Crippen LogP contribution in [0.4, 0.5) is 8.78 Å². The monoisotopic (exact) mass is 359 g/mol. The zero-order valence-corrected chi connectivity index (χ0v) is 14.4. The van der Waals surface area contributed by atoms with E-state index in [9.17, 15) is 18.4 Å². The molecule has 1 aromatic carbocycles. The summed E-state index contributed by atoms with van der Waals surface area (Å²) >= 11 is 0. The van der Waals surface area contributed by atoms with Crippen LogP contribution in [0.2, 0.25) is 0 Å². The lowest BCUT2D eigenvalue weighted by Gasteiger charge is -2.42. The van der Waals surface area contributed by atoms with Gasteiger partial charge in [0, 0.05) is 38.1 Å². The highest BCUT2D eigenvalue weighted by atomic mass is 19.3. The van der Waals surface area contributed by atoms with Gasteiger partial charge in [-0.25, -0.2) is 8.78 Å². The number of piperidine rings is 1. The van der Waals surface area contributed by atoms with Gasteiger partial charge in [0.2, 0.25) is 5.91 Å². The molecule has 0 radical (unpaired) electrons. The third-order valence-corrected chi connectivity index (χ3v) is 5.41. The Labute approximate surface area is 149 Å². The van der Waals surface area contributed by atoms with Crippen molar-refractivity contribution in [3.63, 3.8) is 0 Å². The Bertz CT molecular complexity index is 896. The van der Waals surface area contributed by atoms with Crippen LogP contribution in [0.1, 0.15) is 23.2 Å². The summed E-state index contributed by atoms with van der Waals surface area (Å²) in [6.45, 7) is -0.197. The van der Waals surface area contributed by atoms with E-state index in [2.05, 4.69) is 4.98 Å². The standard InChI is InChI=1S/C19H19F2N3O2/c1-23-9-7-18(17(23)26)10-19(20,21)12-24(11-18)16(25)14-6-8-22-15-5-3-2-4-13(14)15/h2-6,8H,7,9-12H2,1H3. The van der Waals surface area contributed by atoms with Crippen LogP contribution >= 0.6 is 0 Å². The first kappa shape index (κ1) is 16.9. The minimum absolute atomic E-state index is 0.0290. The van der Waals surface area contributed by atoms with Crippen molar-refractivity contribution in [1.29, 1.82) is 0 Å². The summed E-state index contributed by atoms with van der Waals surface area (Å²) in [5.41, 5.74) is -0.217. The van der Waals surface area contributed by atoms with Crippen LogP contribution in [-0.4, -0.2) is 59.2 Å². The zero-order chi connectivity index (χ0) is 18.5. The summed E-state index contributed by atoms with van der Waals surface area (Å²) in [4.78, 5) is 32.4. The number of likely N-dealkylation sites (tertiary alicyclic amines) is 2. The average Bonchev–Trinajstić information content (AvgIpc) is 2.87. The number of pyridine rings is 1. The number of carbonyl (C=O) groups excluding carboxylic acids is 2. The van der Waals surface area contributed by atoms with E-state index < -0.39 is 30.2 Å². The van der Waals surface area contributed by atoms with Gasteiger partial charge in [-0.2, -0.15) is 0 Å². The largest absolute Gasteiger partial charge is 0.345 e. The molecule has 4 rings (SSSR count). The van der Waals surface area contributed by atoms with Gasteiger partial charge in [0.05, 0.1) is 23.0 Å². The van der Waals surface area contributed by atoms with Crippen molar-refractivity contribution in [3.05, 3.63) is 42.1 Å². The molecule has 0 saturated carbocycles. The Kier molecular flexibility index (Phi) is 3.71. The second-order valence-electron chi connectivity index (χ2n) is 7.33. The number of alkyl halides is 2. The third-order valence-electron chi connectivity index (χ3n) is 5.41. The van der Waals surface area contributed by atoms with Crippen molar-refractivity contribution in [1.82, 2.24) is 14.8 Å². The molecular formula is C19H19F2N3O2. The summed E-state index contributed by atoms with van der Waals surface area (Å²) in [5.74, 6) is -3.86. The molecule has 3 heterocycles. The number of halogens is 2. The lowest BCUT2D eigenvalue weighted by molar-refractivity contribution is -0.150. The molecule has 0 N–H and O–H groups in total. The Morgan fingerprint density at radius 3 is 2.69 bits per heavy atom. The number of para-hydroxylation sites is 1. The molecule has 136 valence electrons. The molecule has 1 unspecified atom stereocenters. The van der Waals surface area contributed by atoms with Crippen LogP contribution in [0.25, 0.3) is 10.9 Å². The number of fused-ring (bicyclic) bond motifs is 1. The third kappa shape index (κ3) is 2.62. The first-order valence-corrected chi connectivity index (χ1v) is 8.58. The minimum Gasteiger partial charge on any atom is -0.345 e. The van der Waals surface area contributed by atoms with E-state index in [0.717, 1.165) is 4.90 Å². The number of aromatic nitrogens is 1. The van der Waals surface area contributed by atoms with Gasteiger partial charge < -0.3 is 9.80 Å². The van der Waals surface area contributed by atoms with Gasteiger partial charge in [0.25, 0.3) is 11.8 Å². The summed E-state index contributed by atoms with van der Waals surface area (Å²) in [5, 5.41) is 0.623. The van der Waals surface area contributed by atoms with E-state index in [1.165, 1.54) is 11.1 Å². The van der Waals surface area contributed by atoms with Crippen LogP contribution in [0.3, 0.4) is 0 Å². The molecule has 2 amide bonds. The van der Waals surface area contributed by atoms with Crippen molar-refractivity contribution in [2.75, 3.05) is 26.7 Å². The van der Waals surface area contributed by atoms with E-state index in [-0.39, 0.29) is 12.5 Å². The average molecular weight is 359 g/mol. The molecule has 2 aromatic rings. The highest BCUT2D eigenvalue weighted by Crippen LogP contribution is 2.45. The molecule has 2 aliphatic heterocycles. The quantitative estimate of drug-likeness (QED) is 0.786. The van der Waals surface area contributed by atoms with Gasteiger partial charge in [0.1, 0.15) is 0 Å². The fourth-order valence-electron chi connectivity index (χ4n) is 4.21. The Morgan fingerprint density at radius 2 is 1.96 bits per heavy atom. The van der Waals surface area contributed by atoms with Crippen molar-refractivity contribution in [3.8, 4) is 0 Å². The molecule has 2 saturated heterocycles. The number of hydrogen-bond donors (Lipinski definition) is 0. The minimum atomic E-state index is -3.09. The summed E-state index contributed by atoms with van der Waals surface area (Å²) in [7, 11) is 1.62. The van der Waals surface area contributed by atoms with Gasteiger partial charge in [-0.15, -0.1) is 0 Å². The fraction of sp³-hybridized carbons (Fsp3) is 0.421. The maximum Gasteiger partial charge on any atom is 0.266 e. The van der Waals surface area contributed by atoms with Crippen molar-refractivity contribution in [2.24, 2.45) is 5.41 Å². The second-order valence-corrected chi connectivity index (χ2v) is 7.33. The fourth-order valence-corrected chi connectivity index (χ4v) is 4.21.